The van der Waals surface area contributed by atoms with Crippen molar-refractivity contribution < 1.29 is 4.79 Å². The van der Waals surface area contributed by atoms with Crippen LogP contribution >= 0.6 is 0 Å². The van der Waals surface area contributed by atoms with Crippen LogP contribution in [0.3, 0.4) is 0 Å². The first kappa shape index (κ1) is 14.1. The van der Waals surface area contributed by atoms with Crippen molar-refractivity contribution in [3.63, 3.8) is 0 Å². The number of hydrogen-bond donors (Lipinski definition) is 0. The highest BCUT2D eigenvalue weighted by molar-refractivity contribution is 6.87. The molecule has 0 aromatic heterocycles. The lowest BCUT2D eigenvalue weighted by Crippen LogP contribution is -2.30. The summed E-state index contributed by atoms with van der Waals surface area (Å²) in [6.45, 7) is 16.0. The molecule has 0 N–H and O–H groups in total. The molecule has 0 aromatic carbocycles. The number of ketones is 1. The van der Waals surface area contributed by atoms with Crippen molar-refractivity contribution in [1.29, 1.82) is 0 Å². The van der Waals surface area contributed by atoms with Crippen LogP contribution in [0.25, 0.3) is 0 Å². The van der Waals surface area contributed by atoms with Crippen molar-refractivity contribution in [2.45, 2.75) is 39.4 Å². The minimum absolute atomic E-state index is 0.151. The third kappa shape index (κ3) is 4.43. The molecule has 0 fully saturated rings. The van der Waals surface area contributed by atoms with Gasteiger partial charge >= 0.3 is 0 Å². The maximum atomic E-state index is 12.1. The summed E-state index contributed by atoms with van der Waals surface area (Å²) in [6.07, 6.45) is 5.33. The van der Waals surface area contributed by atoms with Gasteiger partial charge in [0, 0.05) is 0 Å². The number of carbonyl (C=O) groups is 1. The normalized spacial score (nSPS) is 12.4. The van der Waals surface area contributed by atoms with E-state index in [4.69, 9.17) is 0 Å². The number of carbonyl (C=O) groups excluding carboxylic acids is 1. The molecule has 0 rings (SSSR count). The van der Waals surface area contributed by atoms with Crippen LogP contribution in [0.1, 0.15) is 19.8 Å². The minimum Gasteiger partial charge on any atom is -0.290 e. The lowest BCUT2D eigenvalue weighted by molar-refractivity contribution is -0.111. The molecule has 0 aliphatic rings. The molecular weight excluding hydrogens is 200 g/mol. The van der Waals surface area contributed by atoms with Crippen molar-refractivity contribution >= 4 is 13.9 Å². The Labute approximate surface area is 94.6 Å². The highest BCUT2D eigenvalue weighted by atomic mass is 28.3. The van der Waals surface area contributed by atoms with E-state index in [0.717, 1.165) is 18.0 Å². The zero-order valence-electron chi connectivity index (χ0n) is 10.4. The smallest absolute Gasteiger partial charge is 0.180 e. The number of rotatable bonds is 6. The molecule has 0 heterocycles. The van der Waals surface area contributed by atoms with Gasteiger partial charge in [0.1, 0.15) is 0 Å². The van der Waals surface area contributed by atoms with Crippen LogP contribution in [-0.2, 0) is 4.79 Å². The SMILES string of the molecule is C=CC/C=C(/C(=O)C(=C)CC)[Si](C)(C)C. The molecular formula is C13H22OSi. The fraction of sp³-hybridized carbons (Fsp3) is 0.462. The summed E-state index contributed by atoms with van der Waals surface area (Å²) in [5, 5.41) is 0.981. The first-order chi connectivity index (χ1) is 6.84. The fourth-order valence-corrected chi connectivity index (χ4v) is 2.88. The fourth-order valence-electron chi connectivity index (χ4n) is 1.29. The Bertz CT molecular complexity index is 292. The van der Waals surface area contributed by atoms with Gasteiger partial charge < -0.3 is 0 Å². The summed E-state index contributed by atoms with van der Waals surface area (Å²) >= 11 is 0. The average molecular weight is 222 g/mol. The van der Waals surface area contributed by atoms with Crippen molar-refractivity contribution in [3.8, 4) is 0 Å². The second-order valence-corrected chi connectivity index (χ2v) is 9.72. The third-order valence-corrected chi connectivity index (χ3v) is 4.34. The van der Waals surface area contributed by atoms with Gasteiger partial charge in [-0.25, -0.2) is 0 Å². The van der Waals surface area contributed by atoms with Crippen LogP contribution in [0.2, 0.25) is 19.6 Å². The Balaban J connectivity index is 5.04. The van der Waals surface area contributed by atoms with Gasteiger partial charge in [-0.1, -0.05) is 45.3 Å². The molecule has 0 aromatic rings. The standard InChI is InChI=1S/C13H22OSi/c1-7-9-10-12(15(4,5)6)13(14)11(3)8-2/h7,10H,1,3,8-9H2,2,4-6H3/b12-10-. The summed E-state index contributed by atoms with van der Waals surface area (Å²) in [7, 11) is -1.56. The van der Waals surface area contributed by atoms with E-state index in [9.17, 15) is 4.79 Å². The third-order valence-electron chi connectivity index (χ3n) is 2.29. The molecule has 1 nitrogen and oxygen atoms in total. The van der Waals surface area contributed by atoms with Gasteiger partial charge in [0.2, 0.25) is 0 Å². The second-order valence-electron chi connectivity index (χ2n) is 4.68. The van der Waals surface area contributed by atoms with Crippen LogP contribution in [0.15, 0.2) is 36.1 Å². The molecule has 0 bridgehead atoms. The largest absolute Gasteiger partial charge is 0.290 e. The number of hydrogen-bond acceptors (Lipinski definition) is 1. The summed E-state index contributed by atoms with van der Waals surface area (Å²) in [5.74, 6) is 0.151. The molecule has 0 atom stereocenters. The molecule has 0 aliphatic carbocycles. The molecule has 0 spiro atoms. The van der Waals surface area contributed by atoms with E-state index in [0.29, 0.717) is 5.57 Å². The van der Waals surface area contributed by atoms with Crippen molar-refractivity contribution in [2.24, 2.45) is 0 Å². The lowest BCUT2D eigenvalue weighted by Gasteiger charge is -2.20. The zero-order valence-corrected chi connectivity index (χ0v) is 11.4. The summed E-state index contributed by atoms with van der Waals surface area (Å²) in [6, 6.07) is 0. The topological polar surface area (TPSA) is 17.1 Å². The summed E-state index contributed by atoms with van der Waals surface area (Å²) in [5.41, 5.74) is 0.715. The Morgan fingerprint density at radius 3 is 2.20 bits per heavy atom. The van der Waals surface area contributed by atoms with Gasteiger partial charge in [-0.15, -0.1) is 6.58 Å². The minimum atomic E-state index is -1.56. The van der Waals surface area contributed by atoms with Crippen LogP contribution < -0.4 is 0 Å². The quantitative estimate of drug-likeness (QED) is 0.378. The monoisotopic (exact) mass is 222 g/mol. The first-order valence-corrected chi connectivity index (χ1v) is 8.88. The van der Waals surface area contributed by atoms with Gasteiger partial charge in [-0.2, -0.15) is 0 Å². The average Bonchev–Trinajstić information content (AvgIpc) is 2.14. The molecule has 0 unspecified atom stereocenters. The van der Waals surface area contributed by atoms with Gasteiger partial charge in [0.15, 0.2) is 5.78 Å². The maximum absolute atomic E-state index is 12.1. The predicted octanol–water partition coefficient (Wildman–Crippen LogP) is 3.90. The van der Waals surface area contributed by atoms with E-state index in [2.05, 4.69) is 32.8 Å². The Kier molecular flexibility index (Phi) is 5.51. The Hall–Kier alpha value is -0.893. The van der Waals surface area contributed by atoms with E-state index in [1.807, 2.05) is 19.1 Å². The second kappa shape index (κ2) is 5.86. The van der Waals surface area contributed by atoms with Gasteiger partial charge in [-0.3, -0.25) is 4.79 Å². The molecule has 0 aliphatic heterocycles. The molecule has 0 saturated carbocycles. The first-order valence-electron chi connectivity index (χ1n) is 5.38. The van der Waals surface area contributed by atoms with Gasteiger partial charge in [0.05, 0.1) is 8.07 Å². The molecule has 2 heteroatoms. The van der Waals surface area contributed by atoms with E-state index in [-0.39, 0.29) is 5.78 Å². The number of Topliss-reactive ketones (excluding diaryl/α,β-unsaturated/α-hetero) is 1. The maximum Gasteiger partial charge on any atom is 0.180 e. The Morgan fingerprint density at radius 2 is 1.87 bits per heavy atom. The highest BCUT2D eigenvalue weighted by Gasteiger charge is 2.25. The van der Waals surface area contributed by atoms with Crippen LogP contribution in [0.5, 0.6) is 0 Å². The summed E-state index contributed by atoms with van der Waals surface area (Å²) < 4.78 is 0. The van der Waals surface area contributed by atoms with E-state index in [1.165, 1.54) is 0 Å². The molecule has 84 valence electrons. The van der Waals surface area contributed by atoms with Crippen molar-refractivity contribution in [1.82, 2.24) is 0 Å². The predicted molar refractivity (Wildman–Crippen MR) is 70.7 cm³/mol. The number of allylic oxidation sites excluding steroid dienone is 4. The molecule has 15 heavy (non-hydrogen) atoms. The Morgan fingerprint density at radius 1 is 1.33 bits per heavy atom. The highest BCUT2D eigenvalue weighted by Crippen LogP contribution is 2.20. The van der Waals surface area contributed by atoms with Gasteiger partial charge in [0.25, 0.3) is 0 Å². The van der Waals surface area contributed by atoms with E-state index < -0.39 is 8.07 Å². The van der Waals surface area contributed by atoms with E-state index >= 15 is 0 Å². The van der Waals surface area contributed by atoms with Crippen LogP contribution in [0.4, 0.5) is 0 Å². The van der Waals surface area contributed by atoms with Gasteiger partial charge in [-0.05, 0) is 23.6 Å². The molecule has 0 amide bonds. The van der Waals surface area contributed by atoms with E-state index in [1.54, 1.807) is 0 Å². The van der Waals surface area contributed by atoms with Crippen molar-refractivity contribution in [2.75, 3.05) is 0 Å². The van der Waals surface area contributed by atoms with Crippen LogP contribution in [-0.4, -0.2) is 13.9 Å². The molecule has 0 saturated heterocycles. The van der Waals surface area contributed by atoms with Crippen LogP contribution in [0, 0.1) is 0 Å². The van der Waals surface area contributed by atoms with Crippen molar-refractivity contribution in [3.05, 3.63) is 36.1 Å². The zero-order chi connectivity index (χ0) is 12.1. The lowest BCUT2D eigenvalue weighted by atomic mass is 10.1. The summed E-state index contributed by atoms with van der Waals surface area (Å²) in [4.78, 5) is 12.1. The molecule has 0 radical (unpaired) electrons.